The molecule has 0 aliphatic heterocycles. The maximum absolute atomic E-state index is 3.95. The average Bonchev–Trinajstić information content (AvgIpc) is 2.70. The van der Waals surface area contributed by atoms with Gasteiger partial charge in [0, 0.05) is 12.6 Å². The first kappa shape index (κ1) is 11.1. The molecule has 16 heavy (non-hydrogen) atoms. The second kappa shape index (κ2) is 3.04. The third-order valence-electron chi connectivity index (χ3n) is 6.11. The molecule has 0 aromatic rings. The molecule has 3 atom stereocenters. The van der Waals surface area contributed by atoms with Crippen molar-refractivity contribution in [1.29, 1.82) is 0 Å². The fraction of sp³-hybridized carbons (Fsp3) is 1.00. The number of hydrogen-bond donors (Lipinski definition) is 1. The summed E-state index contributed by atoms with van der Waals surface area (Å²) in [6.07, 6.45) is 7.27. The molecule has 0 spiro atoms. The van der Waals surface area contributed by atoms with E-state index in [1.807, 2.05) is 0 Å². The van der Waals surface area contributed by atoms with Crippen LogP contribution in [0.3, 0.4) is 0 Å². The summed E-state index contributed by atoms with van der Waals surface area (Å²) in [6, 6.07) is 0.760. The molecule has 0 aromatic heterocycles. The van der Waals surface area contributed by atoms with Crippen LogP contribution in [0.15, 0.2) is 0 Å². The molecule has 0 radical (unpaired) electrons. The van der Waals surface area contributed by atoms with Gasteiger partial charge in [-0.3, -0.25) is 0 Å². The smallest absolute Gasteiger partial charge is 0.0175 e. The molecule has 1 heteroatoms. The van der Waals surface area contributed by atoms with Gasteiger partial charge in [0.25, 0.3) is 0 Å². The number of fused-ring (bicyclic) bond motifs is 2. The van der Waals surface area contributed by atoms with Crippen molar-refractivity contribution >= 4 is 0 Å². The molecular weight excluding hydrogens is 194 g/mol. The molecule has 3 rings (SSSR count). The molecule has 1 unspecified atom stereocenters. The molecule has 2 bridgehead atoms. The lowest BCUT2D eigenvalue weighted by molar-refractivity contribution is 0.105. The second-order valence-electron chi connectivity index (χ2n) is 8.04. The van der Waals surface area contributed by atoms with Gasteiger partial charge in [-0.2, -0.15) is 0 Å². The zero-order valence-electron chi connectivity index (χ0n) is 11.4. The van der Waals surface area contributed by atoms with Gasteiger partial charge < -0.3 is 5.32 Å². The summed E-state index contributed by atoms with van der Waals surface area (Å²) in [7, 11) is 0. The SMILES string of the molecule is CC1(CNC2C(C)(C)[C@H]3CC[C@]2(C)C3)CC1. The van der Waals surface area contributed by atoms with E-state index in [0.717, 1.165) is 12.0 Å². The molecule has 3 aliphatic rings. The summed E-state index contributed by atoms with van der Waals surface area (Å²) < 4.78 is 0. The highest BCUT2D eigenvalue weighted by molar-refractivity contribution is 5.12. The summed E-state index contributed by atoms with van der Waals surface area (Å²) in [5.41, 5.74) is 1.77. The number of nitrogens with one attached hydrogen (secondary N) is 1. The quantitative estimate of drug-likeness (QED) is 0.768. The summed E-state index contributed by atoms with van der Waals surface area (Å²) in [5, 5.41) is 3.95. The van der Waals surface area contributed by atoms with Crippen LogP contribution in [0, 0.1) is 22.2 Å². The van der Waals surface area contributed by atoms with Crippen LogP contribution in [0.25, 0.3) is 0 Å². The Morgan fingerprint density at radius 2 is 1.75 bits per heavy atom. The maximum atomic E-state index is 3.95. The maximum Gasteiger partial charge on any atom is 0.0175 e. The molecule has 3 aliphatic carbocycles. The van der Waals surface area contributed by atoms with E-state index in [9.17, 15) is 0 Å². The van der Waals surface area contributed by atoms with Gasteiger partial charge in [-0.05, 0) is 54.3 Å². The standard InChI is InChI=1S/C15H27N/c1-13(2)11-5-6-15(4,9-11)12(13)16-10-14(3)7-8-14/h11-12,16H,5-10H2,1-4H3/t11-,12?,15+/m0/s1. The fourth-order valence-corrected chi connectivity index (χ4v) is 4.55. The zero-order valence-corrected chi connectivity index (χ0v) is 11.4. The molecule has 1 nitrogen and oxygen atoms in total. The van der Waals surface area contributed by atoms with E-state index in [0.29, 0.717) is 16.2 Å². The fourth-order valence-electron chi connectivity index (χ4n) is 4.55. The topological polar surface area (TPSA) is 12.0 Å². The Hall–Kier alpha value is -0.0400. The number of hydrogen-bond acceptors (Lipinski definition) is 1. The van der Waals surface area contributed by atoms with E-state index >= 15 is 0 Å². The normalized spacial score (nSPS) is 47.2. The molecule has 0 aromatic carbocycles. The van der Waals surface area contributed by atoms with E-state index in [4.69, 9.17) is 0 Å². The van der Waals surface area contributed by atoms with Crippen LogP contribution in [0.1, 0.15) is 59.8 Å². The molecule has 1 N–H and O–H groups in total. The monoisotopic (exact) mass is 221 g/mol. The van der Waals surface area contributed by atoms with Crippen LogP contribution < -0.4 is 5.32 Å². The largest absolute Gasteiger partial charge is 0.312 e. The molecule has 92 valence electrons. The Morgan fingerprint density at radius 3 is 2.25 bits per heavy atom. The van der Waals surface area contributed by atoms with E-state index in [2.05, 4.69) is 33.0 Å². The van der Waals surface area contributed by atoms with Crippen LogP contribution >= 0.6 is 0 Å². The van der Waals surface area contributed by atoms with Gasteiger partial charge in [0.15, 0.2) is 0 Å². The summed E-state index contributed by atoms with van der Waals surface area (Å²) in [6.45, 7) is 11.2. The van der Waals surface area contributed by atoms with E-state index in [1.165, 1.54) is 38.6 Å². The van der Waals surface area contributed by atoms with Crippen LogP contribution in [-0.2, 0) is 0 Å². The van der Waals surface area contributed by atoms with Gasteiger partial charge >= 0.3 is 0 Å². The molecule has 3 fully saturated rings. The van der Waals surface area contributed by atoms with E-state index in [-0.39, 0.29) is 0 Å². The van der Waals surface area contributed by atoms with Crippen LogP contribution in [0.4, 0.5) is 0 Å². The van der Waals surface area contributed by atoms with Gasteiger partial charge in [-0.25, -0.2) is 0 Å². The van der Waals surface area contributed by atoms with Crippen LogP contribution in [-0.4, -0.2) is 12.6 Å². The Labute approximate surface area is 100 Å². The second-order valence-corrected chi connectivity index (χ2v) is 8.04. The molecule has 3 saturated carbocycles. The van der Waals surface area contributed by atoms with Gasteiger partial charge in [-0.1, -0.05) is 27.7 Å². The molecule has 0 heterocycles. The van der Waals surface area contributed by atoms with E-state index < -0.39 is 0 Å². The van der Waals surface area contributed by atoms with Crippen molar-refractivity contribution in [2.45, 2.75) is 65.8 Å². The highest BCUT2D eigenvalue weighted by atomic mass is 15.0. The third-order valence-corrected chi connectivity index (χ3v) is 6.11. The Bertz CT molecular complexity index is 298. The van der Waals surface area contributed by atoms with Gasteiger partial charge in [0.1, 0.15) is 0 Å². The average molecular weight is 221 g/mol. The lowest BCUT2D eigenvalue weighted by Crippen LogP contribution is -2.51. The highest BCUT2D eigenvalue weighted by Gasteiger charge is 2.59. The summed E-state index contributed by atoms with van der Waals surface area (Å²) >= 11 is 0. The van der Waals surface area contributed by atoms with E-state index in [1.54, 1.807) is 0 Å². The van der Waals surface area contributed by atoms with Crippen LogP contribution in [0.2, 0.25) is 0 Å². The summed E-state index contributed by atoms with van der Waals surface area (Å²) in [4.78, 5) is 0. The minimum atomic E-state index is 0.526. The van der Waals surface area contributed by atoms with Crippen molar-refractivity contribution in [2.24, 2.45) is 22.2 Å². The Morgan fingerprint density at radius 1 is 1.06 bits per heavy atom. The van der Waals surface area contributed by atoms with Crippen molar-refractivity contribution in [3.8, 4) is 0 Å². The van der Waals surface area contributed by atoms with Crippen molar-refractivity contribution in [3.05, 3.63) is 0 Å². The van der Waals surface area contributed by atoms with Crippen LogP contribution in [0.5, 0.6) is 0 Å². The Balaban J connectivity index is 1.72. The van der Waals surface area contributed by atoms with Gasteiger partial charge in [0.2, 0.25) is 0 Å². The molecule has 0 amide bonds. The highest BCUT2D eigenvalue weighted by Crippen LogP contribution is 2.62. The van der Waals surface area contributed by atoms with Gasteiger partial charge in [0.05, 0.1) is 0 Å². The third kappa shape index (κ3) is 1.47. The van der Waals surface area contributed by atoms with Crippen molar-refractivity contribution in [2.75, 3.05) is 6.54 Å². The first-order valence-electron chi connectivity index (χ1n) is 7.09. The lowest BCUT2D eigenvalue weighted by atomic mass is 9.68. The zero-order chi connectivity index (χ0) is 11.6. The molecular formula is C15H27N. The number of rotatable bonds is 3. The van der Waals surface area contributed by atoms with Crippen molar-refractivity contribution in [3.63, 3.8) is 0 Å². The Kier molecular flexibility index (Phi) is 2.11. The predicted octanol–water partition coefficient (Wildman–Crippen LogP) is 3.59. The summed E-state index contributed by atoms with van der Waals surface area (Å²) in [5.74, 6) is 0.974. The molecule has 0 saturated heterocycles. The van der Waals surface area contributed by atoms with Gasteiger partial charge in [-0.15, -0.1) is 0 Å². The minimum absolute atomic E-state index is 0.526. The van der Waals surface area contributed by atoms with Crippen molar-refractivity contribution < 1.29 is 0 Å². The predicted molar refractivity (Wildman–Crippen MR) is 68.4 cm³/mol. The lowest BCUT2D eigenvalue weighted by Gasteiger charge is -2.44. The first-order valence-corrected chi connectivity index (χ1v) is 7.09. The van der Waals surface area contributed by atoms with Crippen molar-refractivity contribution in [1.82, 2.24) is 5.32 Å². The minimum Gasteiger partial charge on any atom is -0.312 e. The first-order chi connectivity index (χ1) is 7.36.